The van der Waals surface area contributed by atoms with E-state index in [1.807, 2.05) is 6.92 Å². The second-order valence-corrected chi connectivity index (χ2v) is 8.34. The molecule has 1 aliphatic carbocycles. The predicted molar refractivity (Wildman–Crippen MR) is 102 cm³/mol. The van der Waals surface area contributed by atoms with Gasteiger partial charge in [0.05, 0.1) is 25.4 Å². The first-order chi connectivity index (χ1) is 12.4. The highest BCUT2D eigenvalue weighted by Gasteiger charge is 2.32. The fraction of sp³-hybridized carbons (Fsp3) is 0.950. The lowest BCUT2D eigenvalue weighted by molar-refractivity contribution is -0.0752. The number of amides is 1. The van der Waals surface area contributed by atoms with Crippen molar-refractivity contribution in [1.29, 1.82) is 0 Å². The highest BCUT2D eigenvalue weighted by molar-refractivity contribution is 5.67. The third-order valence-corrected chi connectivity index (χ3v) is 5.83. The molecule has 0 aromatic carbocycles. The van der Waals surface area contributed by atoms with Crippen molar-refractivity contribution in [3.8, 4) is 0 Å². The quantitative estimate of drug-likeness (QED) is 0.746. The summed E-state index contributed by atoms with van der Waals surface area (Å²) >= 11 is 0. The van der Waals surface area contributed by atoms with E-state index in [4.69, 9.17) is 9.47 Å². The fourth-order valence-electron chi connectivity index (χ4n) is 4.22. The molecule has 152 valence electrons. The van der Waals surface area contributed by atoms with Gasteiger partial charge in [-0.25, -0.2) is 4.79 Å². The minimum absolute atomic E-state index is 0.234. The highest BCUT2D eigenvalue weighted by Crippen LogP contribution is 2.35. The van der Waals surface area contributed by atoms with Gasteiger partial charge in [0, 0.05) is 32.7 Å². The molecule has 1 heterocycles. The average molecular weight is 371 g/mol. The Labute approximate surface area is 158 Å². The number of hydrogen-bond acceptors (Lipinski definition) is 5. The van der Waals surface area contributed by atoms with Crippen LogP contribution in [-0.4, -0.2) is 79.1 Å². The van der Waals surface area contributed by atoms with Gasteiger partial charge >= 0.3 is 6.09 Å². The van der Waals surface area contributed by atoms with Crippen molar-refractivity contribution in [2.45, 2.75) is 59.2 Å². The zero-order valence-corrected chi connectivity index (χ0v) is 17.0. The van der Waals surface area contributed by atoms with E-state index in [0.29, 0.717) is 50.6 Å². The van der Waals surface area contributed by atoms with Crippen molar-refractivity contribution in [2.75, 3.05) is 45.9 Å². The zero-order chi connectivity index (χ0) is 19.1. The molecule has 2 rings (SSSR count). The number of rotatable bonds is 7. The van der Waals surface area contributed by atoms with Gasteiger partial charge in [-0.1, -0.05) is 27.2 Å². The fourth-order valence-corrected chi connectivity index (χ4v) is 4.22. The van der Waals surface area contributed by atoms with Crippen molar-refractivity contribution in [2.24, 2.45) is 17.8 Å². The Morgan fingerprint density at radius 1 is 1.19 bits per heavy atom. The molecule has 0 aromatic rings. The Bertz CT molecular complexity index is 424. The number of aliphatic hydroxyl groups is 1. The van der Waals surface area contributed by atoms with Crippen LogP contribution in [0.1, 0.15) is 47.0 Å². The number of carbonyl (C=O) groups excluding carboxylic acids is 1. The van der Waals surface area contributed by atoms with E-state index in [2.05, 4.69) is 25.7 Å². The minimum atomic E-state index is -0.478. The van der Waals surface area contributed by atoms with Crippen molar-refractivity contribution in [3.05, 3.63) is 0 Å². The molecular weight excluding hydrogens is 332 g/mol. The second-order valence-electron chi connectivity index (χ2n) is 8.34. The summed E-state index contributed by atoms with van der Waals surface area (Å²) in [5.41, 5.74) is 0. The molecule has 6 nitrogen and oxygen atoms in total. The van der Waals surface area contributed by atoms with Crippen molar-refractivity contribution in [3.63, 3.8) is 0 Å². The van der Waals surface area contributed by atoms with Gasteiger partial charge in [0.1, 0.15) is 0 Å². The van der Waals surface area contributed by atoms with Gasteiger partial charge in [0.15, 0.2) is 0 Å². The standard InChI is InChI=1S/C20H38N2O4/c1-5-25-20(24)22-10-8-21(9-11-22)13-17(23)14-26-19-12-16(4)6-7-18(19)15(2)3/h15-19,23H,5-14H2,1-4H3/t16-,17-,18-,19+/m0/s1. The minimum Gasteiger partial charge on any atom is -0.450 e. The maximum Gasteiger partial charge on any atom is 0.409 e. The number of piperazine rings is 1. The topological polar surface area (TPSA) is 62.2 Å². The van der Waals surface area contributed by atoms with Crippen LogP contribution in [0, 0.1) is 17.8 Å². The van der Waals surface area contributed by atoms with Gasteiger partial charge in [-0.05, 0) is 37.5 Å². The molecule has 1 amide bonds. The van der Waals surface area contributed by atoms with Crippen LogP contribution >= 0.6 is 0 Å². The van der Waals surface area contributed by atoms with E-state index in [-0.39, 0.29) is 12.2 Å². The smallest absolute Gasteiger partial charge is 0.409 e. The summed E-state index contributed by atoms with van der Waals surface area (Å²) in [7, 11) is 0. The maximum atomic E-state index is 11.7. The average Bonchev–Trinajstić information content (AvgIpc) is 2.60. The molecule has 0 spiro atoms. The molecule has 1 aliphatic heterocycles. The van der Waals surface area contributed by atoms with Crippen LogP contribution in [-0.2, 0) is 9.47 Å². The molecule has 1 saturated carbocycles. The lowest BCUT2D eigenvalue weighted by Crippen LogP contribution is -2.51. The lowest BCUT2D eigenvalue weighted by atomic mass is 9.75. The molecule has 4 atom stereocenters. The van der Waals surface area contributed by atoms with Crippen molar-refractivity contribution in [1.82, 2.24) is 9.80 Å². The lowest BCUT2D eigenvalue weighted by Gasteiger charge is -2.38. The van der Waals surface area contributed by atoms with E-state index >= 15 is 0 Å². The van der Waals surface area contributed by atoms with Crippen molar-refractivity contribution >= 4 is 6.09 Å². The van der Waals surface area contributed by atoms with Gasteiger partial charge in [0.25, 0.3) is 0 Å². The van der Waals surface area contributed by atoms with E-state index < -0.39 is 6.10 Å². The number of ether oxygens (including phenoxy) is 2. The predicted octanol–water partition coefficient (Wildman–Crippen LogP) is 2.60. The first-order valence-corrected chi connectivity index (χ1v) is 10.3. The summed E-state index contributed by atoms with van der Waals surface area (Å²) in [4.78, 5) is 15.7. The second kappa shape index (κ2) is 10.5. The van der Waals surface area contributed by atoms with Gasteiger partial charge in [-0.2, -0.15) is 0 Å². The highest BCUT2D eigenvalue weighted by atomic mass is 16.6. The van der Waals surface area contributed by atoms with E-state index in [9.17, 15) is 9.90 Å². The van der Waals surface area contributed by atoms with Gasteiger partial charge in [-0.3, -0.25) is 4.90 Å². The number of β-amino-alcohol motifs (C(OH)–C–C–N with tert-alkyl or cyclic N) is 1. The molecule has 2 fully saturated rings. The Morgan fingerprint density at radius 2 is 1.88 bits per heavy atom. The Balaban J connectivity index is 1.70. The SMILES string of the molecule is CCOC(=O)N1CCN(C[C@H](O)CO[C@@H]2C[C@@H](C)CC[C@H]2C(C)C)CC1. The molecule has 0 aromatic heterocycles. The summed E-state index contributed by atoms with van der Waals surface area (Å²) in [5.74, 6) is 1.94. The first kappa shape index (κ1) is 21.5. The number of aliphatic hydroxyl groups excluding tert-OH is 1. The van der Waals surface area contributed by atoms with Gasteiger partial charge in [0.2, 0.25) is 0 Å². The molecular formula is C20H38N2O4. The van der Waals surface area contributed by atoms with E-state index in [1.54, 1.807) is 4.90 Å². The summed E-state index contributed by atoms with van der Waals surface area (Å²) < 4.78 is 11.2. The summed E-state index contributed by atoms with van der Waals surface area (Å²) in [5, 5.41) is 10.4. The van der Waals surface area contributed by atoms with Crippen molar-refractivity contribution < 1.29 is 19.4 Å². The summed E-state index contributed by atoms with van der Waals surface area (Å²) in [6.45, 7) is 12.9. The Morgan fingerprint density at radius 3 is 2.50 bits per heavy atom. The molecule has 1 saturated heterocycles. The van der Waals surface area contributed by atoms with Crippen LogP contribution in [0.15, 0.2) is 0 Å². The Kier molecular flexibility index (Phi) is 8.64. The van der Waals surface area contributed by atoms with Crippen LogP contribution in [0.3, 0.4) is 0 Å². The van der Waals surface area contributed by atoms with Crippen LogP contribution in [0.5, 0.6) is 0 Å². The maximum absolute atomic E-state index is 11.7. The number of nitrogens with zero attached hydrogens (tertiary/aromatic N) is 2. The third kappa shape index (κ3) is 6.39. The molecule has 0 bridgehead atoms. The van der Waals surface area contributed by atoms with E-state index in [0.717, 1.165) is 19.5 Å². The third-order valence-electron chi connectivity index (χ3n) is 5.83. The molecule has 0 radical (unpaired) electrons. The summed E-state index contributed by atoms with van der Waals surface area (Å²) in [6, 6.07) is 0. The largest absolute Gasteiger partial charge is 0.450 e. The summed E-state index contributed by atoms with van der Waals surface area (Å²) in [6.07, 6.45) is 3.18. The monoisotopic (exact) mass is 370 g/mol. The molecule has 6 heteroatoms. The van der Waals surface area contributed by atoms with Gasteiger partial charge in [-0.15, -0.1) is 0 Å². The Hall–Kier alpha value is -0.850. The number of hydrogen-bond donors (Lipinski definition) is 1. The van der Waals surface area contributed by atoms with Crippen LogP contribution in [0.4, 0.5) is 4.79 Å². The molecule has 0 unspecified atom stereocenters. The van der Waals surface area contributed by atoms with Crippen LogP contribution in [0.25, 0.3) is 0 Å². The molecule has 26 heavy (non-hydrogen) atoms. The molecule has 1 N–H and O–H groups in total. The molecule has 2 aliphatic rings. The van der Waals surface area contributed by atoms with E-state index in [1.165, 1.54) is 12.8 Å². The number of carbonyl (C=O) groups is 1. The first-order valence-electron chi connectivity index (χ1n) is 10.3. The van der Waals surface area contributed by atoms with Crippen LogP contribution in [0.2, 0.25) is 0 Å². The van der Waals surface area contributed by atoms with Gasteiger partial charge < -0.3 is 19.5 Å². The van der Waals surface area contributed by atoms with Crippen LogP contribution < -0.4 is 0 Å². The zero-order valence-electron chi connectivity index (χ0n) is 17.0. The normalized spacial score (nSPS) is 29.0.